The second kappa shape index (κ2) is 7.53. The summed E-state index contributed by atoms with van der Waals surface area (Å²) in [5, 5.41) is 19.6. The van der Waals surface area contributed by atoms with E-state index in [2.05, 4.69) is 4.99 Å². The van der Waals surface area contributed by atoms with Gasteiger partial charge >= 0.3 is 0 Å². The van der Waals surface area contributed by atoms with Crippen molar-refractivity contribution in [3.8, 4) is 17.2 Å². The van der Waals surface area contributed by atoms with Crippen LogP contribution in [0.4, 0.5) is 5.69 Å². The maximum Gasteiger partial charge on any atom is 0.266 e. The Labute approximate surface area is 155 Å². The number of likely N-dealkylation sites (N-methyl/N-ethyl adjacent to an activating group) is 1. The SMILES string of the molecule is CCN1C(=O)/C(=C/c2ccc(O)c(OC)c2)SC1=Nc1ccc(O)cc1. The normalized spacial score (nSPS) is 17.3. The number of hydrogen-bond donors (Lipinski definition) is 2. The Morgan fingerprint density at radius 1 is 1.19 bits per heavy atom. The second-order valence-corrected chi connectivity index (χ2v) is 6.51. The average Bonchev–Trinajstić information content (AvgIpc) is 2.93. The van der Waals surface area contributed by atoms with Crippen LogP contribution in [0.25, 0.3) is 6.08 Å². The van der Waals surface area contributed by atoms with Crippen molar-refractivity contribution in [1.29, 1.82) is 0 Å². The number of methoxy groups -OCH3 is 1. The quantitative estimate of drug-likeness (QED) is 0.802. The van der Waals surface area contributed by atoms with E-state index in [1.807, 2.05) is 6.92 Å². The Kier molecular flexibility index (Phi) is 5.18. The van der Waals surface area contributed by atoms with Gasteiger partial charge < -0.3 is 14.9 Å². The number of nitrogens with zero attached hydrogens (tertiary/aromatic N) is 2. The van der Waals surface area contributed by atoms with E-state index in [1.54, 1.807) is 47.4 Å². The summed E-state index contributed by atoms with van der Waals surface area (Å²) in [6.07, 6.45) is 1.75. The molecule has 1 fully saturated rings. The number of benzene rings is 2. The highest BCUT2D eigenvalue weighted by Gasteiger charge is 2.32. The van der Waals surface area contributed by atoms with Crippen molar-refractivity contribution in [2.45, 2.75) is 6.92 Å². The topological polar surface area (TPSA) is 82.4 Å². The molecule has 0 atom stereocenters. The zero-order valence-corrected chi connectivity index (χ0v) is 15.2. The number of phenols is 2. The van der Waals surface area contributed by atoms with Crippen LogP contribution in [0.1, 0.15) is 12.5 Å². The number of aromatic hydroxyl groups is 2. The largest absolute Gasteiger partial charge is 0.508 e. The molecule has 0 radical (unpaired) electrons. The lowest BCUT2D eigenvalue weighted by molar-refractivity contribution is -0.122. The molecule has 1 amide bonds. The van der Waals surface area contributed by atoms with Crippen LogP contribution >= 0.6 is 11.8 Å². The summed E-state index contributed by atoms with van der Waals surface area (Å²) in [7, 11) is 1.47. The first kappa shape index (κ1) is 17.9. The minimum absolute atomic E-state index is 0.0461. The van der Waals surface area contributed by atoms with Crippen LogP contribution in [0.2, 0.25) is 0 Å². The zero-order valence-electron chi connectivity index (χ0n) is 14.3. The number of rotatable bonds is 4. The Bertz CT molecular complexity index is 891. The highest BCUT2D eigenvalue weighted by atomic mass is 32.2. The summed E-state index contributed by atoms with van der Waals surface area (Å²) in [5.41, 5.74) is 1.40. The van der Waals surface area contributed by atoms with Gasteiger partial charge in [0.1, 0.15) is 5.75 Å². The van der Waals surface area contributed by atoms with Gasteiger partial charge in [0.25, 0.3) is 5.91 Å². The molecule has 6 nitrogen and oxygen atoms in total. The molecule has 1 heterocycles. The molecule has 3 rings (SSSR count). The van der Waals surface area contributed by atoms with Crippen molar-refractivity contribution in [2.75, 3.05) is 13.7 Å². The molecule has 2 aromatic rings. The molecule has 2 N–H and O–H groups in total. The van der Waals surface area contributed by atoms with E-state index in [1.165, 1.54) is 24.9 Å². The smallest absolute Gasteiger partial charge is 0.266 e. The lowest BCUT2D eigenvalue weighted by atomic mass is 10.2. The number of ether oxygens (including phenoxy) is 1. The monoisotopic (exact) mass is 370 g/mol. The van der Waals surface area contributed by atoms with E-state index < -0.39 is 0 Å². The first-order valence-corrected chi connectivity index (χ1v) is 8.79. The van der Waals surface area contributed by atoms with Crippen LogP contribution in [0, 0.1) is 0 Å². The molecule has 0 aromatic heterocycles. The Morgan fingerprint density at radius 2 is 1.92 bits per heavy atom. The number of carbonyl (C=O) groups excluding carboxylic acids is 1. The number of amidine groups is 1. The van der Waals surface area contributed by atoms with Crippen LogP contribution in [0.15, 0.2) is 52.4 Å². The molecule has 134 valence electrons. The summed E-state index contributed by atoms with van der Waals surface area (Å²) in [6, 6.07) is 11.4. The van der Waals surface area contributed by atoms with Gasteiger partial charge in [0.15, 0.2) is 16.7 Å². The number of amides is 1. The minimum atomic E-state index is -0.123. The number of aliphatic imine (C=N–C) groups is 1. The summed E-state index contributed by atoms with van der Waals surface area (Å²) in [5.74, 6) is 0.435. The molecule has 0 saturated carbocycles. The van der Waals surface area contributed by atoms with Gasteiger partial charge in [0, 0.05) is 6.54 Å². The minimum Gasteiger partial charge on any atom is -0.508 e. The lowest BCUT2D eigenvalue weighted by Crippen LogP contribution is -2.28. The fourth-order valence-electron chi connectivity index (χ4n) is 2.44. The summed E-state index contributed by atoms with van der Waals surface area (Å²) in [6.45, 7) is 2.39. The molecular formula is C19H18N2O4S. The van der Waals surface area contributed by atoms with E-state index in [-0.39, 0.29) is 17.4 Å². The standard InChI is InChI=1S/C19H18N2O4S/c1-3-21-18(24)17(11-12-4-9-15(23)16(10-12)25-2)26-19(21)20-13-5-7-14(22)8-6-13/h4-11,22-23H,3H2,1-2H3/b17-11-,20-19?. The predicted molar refractivity (Wildman–Crippen MR) is 103 cm³/mol. The molecule has 26 heavy (non-hydrogen) atoms. The van der Waals surface area contributed by atoms with Crippen LogP contribution in [0.3, 0.4) is 0 Å². The van der Waals surface area contributed by atoms with Crippen molar-refractivity contribution < 1.29 is 19.7 Å². The number of hydrogen-bond acceptors (Lipinski definition) is 6. The van der Waals surface area contributed by atoms with Crippen molar-refractivity contribution >= 4 is 34.6 Å². The molecule has 2 aromatic carbocycles. The van der Waals surface area contributed by atoms with Crippen molar-refractivity contribution in [1.82, 2.24) is 4.90 Å². The van der Waals surface area contributed by atoms with Gasteiger partial charge in [-0.3, -0.25) is 9.69 Å². The molecule has 0 unspecified atom stereocenters. The van der Waals surface area contributed by atoms with E-state index >= 15 is 0 Å². The fraction of sp³-hybridized carbons (Fsp3) is 0.158. The Morgan fingerprint density at radius 3 is 2.58 bits per heavy atom. The van der Waals surface area contributed by atoms with Gasteiger partial charge in [0.2, 0.25) is 0 Å². The number of phenolic OH excluding ortho intramolecular Hbond substituents is 2. The maximum absolute atomic E-state index is 12.7. The highest BCUT2D eigenvalue weighted by Crippen LogP contribution is 2.35. The first-order chi connectivity index (χ1) is 12.5. The van der Waals surface area contributed by atoms with Gasteiger partial charge in [0.05, 0.1) is 17.7 Å². The molecule has 7 heteroatoms. The van der Waals surface area contributed by atoms with Crippen molar-refractivity contribution in [3.05, 3.63) is 52.9 Å². The second-order valence-electron chi connectivity index (χ2n) is 5.50. The third-order valence-electron chi connectivity index (χ3n) is 3.78. The van der Waals surface area contributed by atoms with Crippen LogP contribution in [-0.4, -0.2) is 39.8 Å². The summed E-state index contributed by atoms with van der Waals surface area (Å²) in [4.78, 5) is 19.3. The highest BCUT2D eigenvalue weighted by molar-refractivity contribution is 8.18. The Balaban J connectivity index is 1.92. The third-order valence-corrected chi connectivity index (χ3v) is 4.79. The molecule has 1 aliphatic heterocycles. The average molecular weight is 370 g/mol. The van der Waals surface area contributed by atoms with Gasteiger partial charge in [-0.25, -0.2) is 4.99 Å². The van der Waals surface area contributed by atoms with E-state index in [0.29, 0.717) is 28.1 Å². The third kappa shape index (κ3) is 3.67. The van der Waals surface area contributed by atoms with Gasteiger partial charge in [-0.2, -0.15) is 0 Å². The van der Waals surface area contributed by atoms with Gasteiger partial charge in [-0.05, 0) is 66.7 Å². The van der Waals surface area contributed by atoms with Gasteiger partial charge in [-0.15, -0.1) is 0 Å². The molecule has 1 aliphatic rings. The van der Waals surface area contributed by atoms with E-state index in [4.69, 9.17) is 4.74 Å². The summed E-state index contributed by atoms with van der Waals surface area (Å²) < 4.78 is 5.10. The molecule has 1 saturated heterocycles. The van der Waals surface area contributed by atoms with Crippen molar-refractivity contribution in [3.63, 3.8) is 0 Å². The van der Waals surface area contributed by atoms with Crippen LogP contribution < -0.4 is 4.74 Å². The summed E-state index contributed by atoms with van der Waals surface area (Å²) >= 11 is 1.28. The number of thioether (sulfide) groups is 1. The van der Waals surface area contributed by atoms with E-state index in [0.717, 1.165) is 5.56 Å². The van der Waals surface area contributed by atoms with Crippen LogP contribution in [0.5, 0.6) is 17.2 Å². The predicted octanol–water partition coefficient (Wildman–Crippen LogP) is 3.73. The maximum atomic E-state index is 12.7. The molecule has 0 spiro atoms. The van der Waals surface area contributed by atoms with Crippen molar-refractivity contribution in [2.24, 2.45) is 4.99 Å². The number of carbonyl (C=O) groups is 1. The lowest BCUT2D eigenvalue weighted by Gasteiger charge is -2.11. The molecule has 0 bridgehead atoms. The van der Waals surface area contributed by atoms with Crippen LogP contribution in [-0.2, 0) is 4.79 Å². The Hall–Kier alpha value is -2.93. The first-order valence-electron chi connectivity index (χ1n) is 7.98. The molecule has 0 aliphatic carbocycles. The molecular weight excluding hydrogens is 352 g/mol. The fourth-order valence-corrected chi connectivity index (χ4v) is 3.51. The zero-order chi connectivity index (χ0) is 18.7. The van der Waals surface area contributed by atoms with Gasteiger partial charge in [-0.1, -0.05) is 6.07 Å². The van der Waals surface area contributed by atoms with E-state index in [9.17, 15) is 15.0 Å².